The molecule has 1 atom stereocenters. The molecule has 5 rings (SSSR count). The maximum atomic E-state index is 12.9. The number of fused-ring (bicyclic) bond motifs is 1. The van der Waals surface area contributed by atoms with E-state index in [1.54, 1.807) is 4.90 Å². The van der Waals surface area contributed by atoms with Gasteiger partial charge in [0.1, 0.15) is 6.17 Å². The summed E-state index contributed by atoms with van der Waals surface area (Å²) in [4.78, 5) is 41.9. The number of primary amides is 1. The summed E-state index contributed by atoms with van der Waals surface area (Å²) in [6.45, 7) is 3.68. The lowest BCUT2D eigenvalue weighted by Gasteiger charge is -2.29. The third-order valence-electron chi connectivity index (χ3n) is 7.43. The monoisotopic (exact) mass is 586 g/mol. The van der Waals surface area contributed by atoms with Crippen molar-refractivity contribution in [3.63, 3.8) is 0 Å². The third-order valence-corrected chi connectivity index (χ3v) is 7.43. The SMILES string of the molecule is NC(=O)NC(N)=NCCCNCc1ccc(N2C=C3C=C(c4ccc(C(=O)NC5CCNCC5)cc4)NC3NC2=O)cc1. The Kier molecular flexibility index (Phi) is 9.54. The predicted molar refractivity (Wildman–Crippen MR) is 166 cm³/mol. The largest absolute Gasteiger partial charge is 0.370 e. The first-order valence-corrected chi connectivity index (χ1v) is 14.4. The van der Waals surface area contributed by atoms with Crippen molar-refractivity contribution < 1.29 is 14.4 Å². The van der Waals surface area contributed by atoms with Gasteiger partial charge in [-0.05, 0) is 80.4 Å². The molecule has 0 aromatic heterocycles. The smallest absolute Gasteiger partial charge is 0.327 e. The summed E-state index contributed by atoms with van der Waals surface area (Å²) in [6.07, 6.45) is 6.16. The standard InChI is InChI=1S/C30H38N10O3/c31-28(39-29(32)42)35-13-1-12-34-17-19-2-8-24(9-3-19)40-18-22-16-25(37-26(22)38-30(40)43)20-4-6-21(7-5-20)27(41)36-23-10-14-33-15-11-23/h2-9,16,18,23,26,33-34,37H,1,10-15,17H2,(H,36,41)(H,38,43)(H5,31,32,35,39,42). The average Bonchev–Trinajstić information content (AvgIpc) is 3.42. The van der Waals surface area contributed by atoms with Crippen LogP contribution in [0.3, 0.4) is 0 Å². The second kappa shape index (κ2) is 13.9. The van der Waals surface area contributed by atoms with E-state index in [9.17, 15) is 14.4 Å². The van der Waals surface area contributed by atoms with E-state index in [-0.39, 0.29) is 30.1 Å². The number of guanidine groups is 1. The van der Waals surface area contributed by atoms with Gasteiger partial charge in [0.2, 0.25) is 0 Å². The number of benzene rings is 2. The number of carbonyl (C=O) groups is 3. The zero-order valence-corrected chi connectivity index (χ0v) is 23.9. The lowest BCUT2D eigenvalue weighted by atomic mass is 10.0. The number of aliphatic imine (C=N–C) groups is 1. The molecule has 0 bridgehead atoms. The van der Waals surface area contributed by atoms with E-state index in [2.05, 4.69) is 36.9 Å². The molecule has 0 saturated carbocycles. The second-order valence-corrected chi connectivity index (χ2v) is 10.6. The second-order valence-electron chi connectivity index (χ2n) is 10.6. The minimum atomic E-state index is -0.737. The van der Waals surface area contributed by atoms with Gasteiger partial charge in [0.15, 0.2) is 5.96 Å². The van der Waals surface area contributed by atoms with E-state index >= 15 is 0 Å². The van der Waals surface area contributed by atoms with Crippen LogP contribution in [0.15, 0.2) is 71.4 Å². The molecule has 10 N–H and O–H groups in total. The Morgan fingerprint density at radius 3 is 2.47 bits per heavy atom. The van der Waals surface area contributed by atoms with Crippen molar-refractivity contribution in [2.75, 3.05) is 31.1 Å². The number of urea groups is 2. The summed E-state index contributed by atoms with van der Waals surface area (Å²) < 4.78 is 0. The fourth-order valence-electron chi connectivity index (χ4n) is 5.13. The van der Waals surface area contributed by atoms with Gasteiger partial charge >= 0.3 is 12.1 Å². The van der Waals surface area contributed by atoms with Crippen LogP contribution in [0.25, 0.3) is 5.70 Å². The van der Waals surface area contributed by atoms with Crippen LogP contribution in [0, 0.1) is 0 Å². The highest BCUT2D eigenvalue weighted by Crippen LogP contribution is 2.28. The average molecular weight is 587 g/mol. The van der Waals surface area contributed by atoms with Gasteiger partial charge in [-0.1, -0.05) is 24.3 Å². The van der Waals surface area contributed by atoms with Gasteiger partial charge in [-0.2, -0.15) is 0 Å². The van der Waals surface area contributed by atoms with Crippen molar-refractivity contribution in [2.24, 2.45) is 16.5 Å². The molecular formula is C30H38N10O3. The number of piperidine rings is 1. The third kappa shape index (κ3) is 7.90. The lowest BCUT2D eigenvalue weighted by Crippen LogP contribution is -2.51. The summed E-state index contributed by atoms with van der Waals surface area (Å²) in [5, 5.41) is 18.4. The summed E-state index contributed by atoms with van der Waals surface area (Å²) in [6, 6.07) is 14.5. The number of nitrogens with one attached hydrogen (secondary N) is 6. The molecule has 3 aliphatic rings. The molecule has 43 heavy (non-hydrogen) atoms. The molecule has 3 aliphatic heterocycles. The Labute approximate surface area is 250 Å². The van der Waals surface area contributed by atoms with Crippen LogP contribution in [0.1, 0.15) is 40.7 Å². The van der Waals surface area contributed by atoms with Crippen molar-refractivity contribution in [1.82, 2.24) is 31.9 Å². The van der Waals surface area contributed by atoms with Gasteiger partial charge in [0.05, 0.1) is 5.69 Å². The van der Waals surface area contributed by atoms with Crippen LogP contribution < -0.4 is 48.3 Å². The van der Waals surface area contributed by atoms with Crippen molar-refractivity contribution in [2.45, 2.75) is 38.0 Å². The minimum Gasteiger partial charge on any atom is -0.370 e. The van der Waals surface area contributed by atoms with Crippen LogP contribution in [0.4, 0.5) is 15.3 Å². The highest BCUT2D eigenvalue weighted by Gasteiger charge is 2.31. The van der Waals surface area contributed by atoms with E-state index in [0.29, 0.717) is 25.2 Å². The molecule has 226 valence electrons. The van der Waals surface area contributed by atoms with Crippen molar-refractivity contribution in [3.05, 3.63) is 83.1 Å². The van der Waals surface area contributed by atoms with Crippen molar-refractivity contribution in [3.8, 4) is 0 Å². The van der Waals surface area contributed by atoms with Gasteiger partial charge in [-0.25, -0.2) is 9.59 Å². The molecule has 13 heteroatoms. The predicted octanol–water partition coefficient (Wildman–Crippen LogP) is 1.02. The fourth-order valence-corrected chi connectivity index (χ4v) is 5.13. The Hall–Kier alpha value is -4.88. The van der Waals surface area contributed by atoms with E-state index in [1.807, 2.05) is 60.8 Å². The summed E-state index contributed by atoms with van der Waals surface area (Å²) in [5.41, 5.74) is 15.7. The quantitative estimate of drug-likeness (QED) is 0.116. The Bertz CT molecular complexity index is 1410. The van der Waals surface area contributed by atoms with Crippen molar-refractivity contribution >= 4 is 35.3 Å². The highest BCUT2D eigenvalue weighted by atomic mass is 16.2. The molecule has 0 radical (unpaired) electrons. The Balaban J connectivity index is 1.14. The number of anilines is 1. The molecule has 3 heterocycles. The van der Waals surface area contributed by atoms with Gasteiger partial charge < -0.3 is 38.1 Å². The minimum absolute atomic E-state index is 0.00832. The maximum absolute atomic E-state index is 12.9. The number of hydrogen-bond acceptors (Lipinski definition) is 7. The molecule has 5 amide bonds. The van der Waals surface area contributed by atoms with Gasteiger partial charge in [-0.15, -0.1) is 0 Å². The first kappa shape index (κ1) is 29.6. The number of carbonyl (C=O) groups excluding carboxylic acids is 3. The molecule has 2 aromatic rings. The van der Waals surface area contributed by atoms with E-state index in [1.165, 1.54) is 0 Å². The molecule has 0 aliphatic carbocycles. The van der Waals surface area contributed by atoms with Crippen LogP contribution in [0.5, 0.6) is 0 Å². The normalized spacial score (nSPS) is 18.6. The van der Waals surface area contributed by atoms with Crippen LogP contribution in [-0.2, 0) is 6.54 Å². The molecule has 1 saturated heterocycles. The van der Waals surface area contributed by atoms with E-state index < -0.39 is 6.03 Å². The number of nitrogens with zero attached hydrogens (tertiary/aromatic N) is 2. The van der Waals surface area contributed by atoms with Gasteiger partial charge in [0.25, 0.3) is 5.91 Å². The molecule has 1 fully saturated rings. The lowest BCUT2D eigenvalue weighted by molar-refractivity contribution is 0.0929. The zero-order chi connectivity index (χ0) is 30.2. The van der Waals surface area contributed by atoms with E-state index in [4.69, 9.17) is 11.5 Å². The molecular weight excluding hydrogens is 548 g/mol. The molecule has 2 aromatic carbocycles. The number of rotatable bonds is 10. The van der Waals surface area contributed by atoms with Crippen LogP contribution in [0.2, 0.25) is 0 Å². The first-order chi connectivity index (χ1) is 20.9. The number of hydrogen-bond donors (Lipinski definition) is 8. The van der Waals surface area contributed by atoms with Gasteiger partial charge in [0, 0.05) is 42.2 Å². The van der Waals surface area contributed by atoms with E-state index in [0.717, 1.165) is 60.4 Å². The fraction of sp³-hybridized carbons (Fsp3) is 0.333. The molecule has 0 spiro atoms. The summed E-state index contributed by atoms with van der Waals surface area (Å²) >= 11 is 0. The van der Waals surface area contributed by atoms with Crippen LogP contribution >= 0.6 is 0 Å². The Morgan fingerprint density at radius 2 is 1.74 bits per heavy atom. The van der Waals surface area contributed by atoms with Gasteiger partial charge in [-0.3, -0.25) is 20.0 Å². The van der Waals surface area contributed by atoms with Crippen LogP contribution in [-0.4, -0.2) is 62.3 Å². The summed E-state index contributed by atoms with van der Waals surface area (Å²) in [7, 11) is 0. The maximum Gasteiger partial charge on any atom is 0.327 e. The zero-order valence-electron chi connectivity index (χ0n) is 23.9. The molecule has 13 nitrogen and oxygen atoms in total. The summed E-state index contributed by atoms with van der Waals surface area (Å²) in [5.74, 6) is -0.0475. The number of nitrogens with two attached hydrogens (primary N) is 2. The number of amides is 5. The topological polar surface area (TPSA) is 191 Å². The Morgan fingerprint density at radius 1 is 1.00 bits per heavy atom. The van der Waals surface area contributed by atoms with Crippen molar-refractivity contribution in [1.29, 1.82) is 0 Å². The first-order valence-electron chi connectivity index (χ1n) is 14.4. The molecule has 1 unspecified atom stereocenters. The highest BCUT2D eigenvalue weighted by molar-refractivity contribution is 5.97.